The first-order valence-electron chi connectivity index (χ1n) is 6.42. The summed E-state index contributed by atoms with van der Waals surface area (Å²) in [5, 5.41) is 7.01. The monoisotopic (exact) mass is 238 g/mol. The molecule has 3 heteroatoms. The maximum absolute atomic E-state index is 4.48. The maximum atomic E-state index is 4.48. The number of aryl methyl sites for hydroxylation is 1. The number of rotatable bonds is 4. The average molecular weight is 238 g/mol. The van der Waals surface area contributed by atoms with Gasteiger partial charge in [0.1, 0.15) is 5.01 Å². The van der Waals surface area contributed by atoms with Crippen molar-refractivity contribution in [2.45, 2.75) is 58.5 Å². The van der Waals surface area contributed by atoms with Crippen LogP contribution in [0, 0.1) is 12.8 Å². The van der Waals surface area contributed by atoms with Gasteiger partial charge >= 0.3 is 0 Å². The molecule has 0 radical (unpaired) electrons. The Labute approximate surface area is 102 Å². The highest BCUT2D eigenvalue weighted by molar-refractivity contribution is 7.09. The molecular weight excluding hydrogens is 216 g/mol. The smallest absolute Gasteiger partial charge is 0.107 e. The fourth-order valence-electron chi connectivity index (χ4n) is 2.49. The zero-order valence-electron chi connectivity index (χ0n) is 10.3. The number of hydrogen-bond donors (Lipinski definition) is 1. The molecule has 1 aliphatic carbocycles. The molecule has 0 bridgehead atoms. The fourth-order valence-corrected chi connectivity index (χ4v) is 3.21. The lowest BCUT2D eigenvalue weighted by atomic mass is 9.84. The summed E-state index contributed by atoms with van der Waals surface area (Å²) in [7, 11) is 0. The van der Waals surface area contributed by atoms with Crippen LogP contribution in [0.4, 0.5) is 0 Å². The van der Waals surface area contributed by atoms with Gasteiger partial charge in [-0.25, -0.2) is 4.98 Å². The van der Waals surface area contributed by atoms with Gasteiger partial charge in [-0.1, -0.05) is 13.3 Å². The first-order chi connectivity index (χ1) is 7.78. The van der Waals surface area contributed by atoms with E-state index in [1.807, 2.05) is 0 Å². The molecule has 1 saturated carbocycles. The zero-order chi connectivity index (χ0) is 11.4. The largest absolute Gasteiger partial charge is 0.308 e. The Kier molecular flexibility index (Phi) is 4.36. The third-order valence-electron chi connectivity index (χ3n) is 3.63. The molecule has 0 aliphatic heterocycles. The molecule has 0 aromatic carbocycles. The molecule has 1 aromatic rings. The van der Waals surface area contributed by atoms with E-state index in [1.165, 1.54) is 37.1 Å². The molecule has 1 heterocycles. The van der Waals surface area contributed by atoms with Crippen LogP contribution in [0.3, 0.4) is 0 Å². The number of aromatic nitrogens is 1. The van der Waals surface area contributed by atoms with Gasteiger partial charge in [0.25, 0.3) is 0 Å². The second-order valence-corrected chi connectivity index (χ2v) is 5.83. The second kappa shape index (κ2) is 5.78. The maximum Gasteiger partial charge on any atom is 0.107 e. The number of hydrogen-bond acceptors (Lipinski definition) is 3. The molecule has 90 valence electrons. The van der Waals surface area contributed by atoms with Gasteiger partial charge in [0, 0.05) is 23.7 Å². The lowest BCUT2D eigenvalue weighted by molar-refractivity contribution is 0.285. The third kappa shape index (κ3) is 3.29. The van der Waals surface area contributed by atoms with Gasteiger partial charge in [-0.3, -0.25) is 0 Å². The highest BCUT2D eigenvalue weighted by Crippen LogP contribution is 2.26. The predicted molar refractivity (Wildman–Crippen MR) is 69.7 cm³/mol. The van der Waals surface area contributed by atoms with Gasteiger partial charge in [-0.2, -0.15) is 0 Å². The van der Waals surface area contributed by atoms with Gasteiger partial charge in [0.15, 0.2) is 0 Å². The van der Waals surface area contributed by atoms with Crippen molar-refractivity contribution in [3.8, 4) is 0 Å². The molecule has 2 rings (SSSR count). The van der Waals surface area contributed by atoms with Crippen molar-refractivity contribution < 1.29 is 0 Å². The highest BCUT2D eigenvalue weighted by Gasteiger charge is 2.19. The van der Waals surface area contributed by atoms with Gasteiger partial charge in [0.2, 0.25) is 0 Å². The Morgan fingerprint density at radius 2 is 2.12 bits per heavy atom. The van der Waals surface area contributed by atoms with Crippen LogP contribution in [0.5, 0.6) is 0 Å². The van der Waals surface area contributed by atoms with Crippen molar-refractivity contribution in [3.05, 3.63) is 16.1 Å². The van der Waals surface area contributed by atoms with Crippen LogP contribution in [0.1, 0.15) is 49.7 Å². The van der Waals surface area contributed by atoms with E-state index in [4.69, 9.17) is 0 Å². The molecule has 0 atom stereocenters. The molecule has 2 nitrogen and oxygen atoms in total. The lowest BCUT2D eigenvalue weighted by Gasteiger charge is -2.28. The summed E-state index contributed by atoms with van der Waals surface area (Å²) in [4.78, 5) is 4.48. The van der Waals surface area contributed by atoms with E-state index in [1.54, 1.807) is 11.3 Å². The second-order valence-electron chi connectivity index (χ2n) is 4.89. The first kappa shape index (κ1) is 12.1. The van der Waals surface area contributed by atoms with Crippen molar-refractivity contribution in [2.75, 3.05) is 0 Å². The van der Waals surface area contributed by atoms with E-state index in [-0.39, 0.29) is 0 Å². The standard InChI is InChI=1S/C13H22N2S/c1-3-11-4-6-12(7-5-11)14-8-13-15-10(2)9-16-13/h9,11-12,14H,3-8H2,1-2H3. The van der Waals surface area contributed by atoms with E-state index in [2.05, 4.69) is 29.5 Å². The summed E-state index contributed by atoms with van der Waals surface area (Å²) in [5.74, 6) is 0.986. The van der Waals surface area contributed by atoms with E-state index in [0.717, 1.165) is 24.2 Å². The lowest BCUT2D eigenvalue weighted by Crippen LogP contribution is -2.32. The Hall–Kier alpha value is -0.410. The summed E-state index contributed by atoms with van der Waals surface area (Å²) >= 11 is 1.77. The zero-order valence-corrected chi connectivity index (χ0v) is 11.1. The van der Waals surface area contributed by atoms with Crippen molar-refractivity contribution in [2.24, 2.45) is 5.92 Å². The minimum absolute atomic E-state index is 0.729. The van der Waals surface area contributed by atoms with E-state index in [9.17, 15) is 0 Å². The van der Waals surface area contributed by atoms with Crippen LogP contribution in [0.15, 0.2) is 5.38 Å². The van der Waals surface area contributed by atoms with Crippen LogP contribution in [0.25, 0.3) is 0 Å². The molecule has 0 amide bonds. The minimum atomic E-state index is 0.729. The molecule has 1 aromatic heterocycles. The molecule has 1 aliphatic rings. The third-order valence-corrected chi connectivity index (χ3v) is 4.60. The van der Waals surface area contributed by atoms with Crippen LogP contribution < -0.4 is 5.32 Å². The molecule has 0 spiro atoms. The number of nitrogens with one attached hydrogen (secondary N) is 1. The molecule has 0 saturated heterocycles. The van der Waals surface area contributed by atoms with Crippen LogP contribution >= 0.6 is 11.3 Å². The summed E-state index contributed by atoms with van der Waals surface area (Å²) in [5.41, 5.74) is 1.15. The van der Waals surface area contributed by atoms with Crippen molar-refractivity contribution in [1.82, 2.24) is 10.3 Å². The molecule has 0 unspecified atom stereocenters. The topological polar surface area (TPSA) is 24.9 Å². The molecule has 16 heavy (non-hydrogen) atoms. The quantitative estimate of drug-likeness (QED) is 0.868. The predicted octanol–water partition coefficient (Wildman–Crippen LogP) is 3.51. The van der Waals surface area contributed by atoms with Crippen molar-refractivity contribution in [1.29, 1.82) is 0 Å². The molecule has 1 fully saturated rings. The highest BCUT2D eigenvalue weighted by atomic mass is 32.1. The minimum Gasteiger partial charge on any atom is -0.308 e. The Morgan fingerprint density at radius 1 is 1.38 bits per heavy atom. The van der Waals surface area contributed by atoms with Crippen molar-refractivity contribution >= 4 is 11.3 Å². The summed E-state index contributed by atoms with van der Waals surface area (Å²) < 4.78 is 0. The Morgan fingerprint density at radius 3 is 2.69 bits per heavy atom. The van der Waals surface area contributed by atoms with Gasteiger partial charge in [-0.05, 0) is 38.5 Å². The van der Waals surface area contributed by atoms with Gasteiger partial charge < -0.3 is 5.32 Å². The SMILES string of the molecule is CCC1CCC(NCc2nc(C)cs2)CC1. The Bertz CT molecular complexity index is 313. The van der Waals surface area contributed by atoms with Crippen LogP contribution in [-0.4, -0.2) is 11.0 Å². The average Bonchev–Trinajstić information content (AvgIpc) is 2.73. The van der Waals surface area contributed by atoms with Gasteiger partial charge in [-0.15, -0.1) is 11.3 Å². The molecule has 1 N–H and O–H groups in total. The van der Waals surface area contributed by atoms with E-state index in [0.29, 0.717) is 0 Å². The number of nitrogens with zero attached hydrogens (tertiary/aromatic N) is 1. The molecular formula is C13H22N2S. The van der Waals surface area contributed by atoms with Crippen LogP contribution in [-0.2, 0) is 6.54 Å². The summed E-state index contributed by atoms with van der Waals surface area (Å²) in [6, 6.07) is 0.729. The normalized spacial score (nSPS) is 25.9. The summed E-state index contributed by atoms with van der Waals surface area (Å²) in [6.07, 6.45) is 6.88. The van der Waals surface area contributed by atoms with E-state index >= 15 is 0 Å². The van der Waals surface area contributed by atoms with Gasteiger partial charge in [0.05, 0.1) is 0 Å². The first-order valence-corrected chi connectivity index (χ1v) is 7.30. The van der Waals surface area contributed by atoms with Crippen molar-refractivity contribution in [3.63, 3.8) is 0 Å². The van der Waals surface area contributed by atoms with E-state index < -0.39 is 0 Å². The summed E-state index contributed by atoms with van der Waals surface area (Å²) in [6.45, 7) is 5.34. The Balaban J connectivity index is 1.71. The van der Waals surface area contributed by atoms with Crippen LogP contribution in [0.2, 0.25) is 0 Å². The fraction of sp³-hybridized carbons (Fsp3) is 0.769. The number of thiazole rings is 1.